The lowest BCUT2D eigenvalue weighted by atomic mass is 10.1. The normalized spacial score (nSPS) is 10.7. The van der Waals surface area contributed by atoms with E-state index >= 15 is 0 Å². The number of hydrogen-bond acceptors (Lipinski definition) is 6. The molecular formula is C16H13NO5. The fourth-order valence-electron chi connectivity index (χ4n) is 2.22. The van der Waals surface area contributed by atoms with Crippen LogP contribution >= 0.6 is 0 Å². The Bertz CT molecular complexity index is 847. The van der Waals surface area contributed by atoms with E-state index in [2.05, 4.69) is 5.32 Å². The van der Waals surface area contributed by atoms with Gasteiger partial charge in [0.2, 0.25) is 17.2 Å². The predicted octanol–water partition coefficient (Wildman–Crippen LogP) is 3.11. The smallest absolute Gasteiger partial charge is 0.208 e. The minimum absolute atomic E-state index is 0.303. The number of benzene rings is 3. The molecule has 0 atom stereocenters. The van der Waals surface area contributed by atoms with Crippen LogP contribution < -0.4 is 5.32 Å². The first-order chi connectivity index (χ1) is 10.5. The number of fused-ring (bicyclic) bond motifs is 1. The maximum absolute atomic E-state index is 9.81. The largest absolute Gasteiger partial charge is 0.503 e. The van der Waals surface area contributed by atoms with E-state index in [-0.39, 0.29) is 5.69 Å². The van der Waals surface area contributed by atoms with Crippen molar-refractivity contribution in [1.29, 1.82) is 0 Å². The molecule has 0 aromatic heterocycles. The average Bonchev–Trinajstić information content (AvgIpc) is 2.55. The Morgan fingerprint density at radius 2 is 1.14 bits per heavy atom. The summed E-state index contributed by atoms with van der Waals surface area (Å²) in [7, 11) is 0. The predicted molar refractivity (Wildman–Crippen MR) is 82.0 cm³/mol. The van der Waals surface area contributed by atoms with Crippen molar-refractivity contribution in [3.63, 3.8) is 0 Å². The maximum atomic E-state index is 9.81. The van der Waals surface area contributed by atoms with Gasteiger partial charge in [0.05, 0.1) is 0 Å². The summed E-state index contributed by atoms with van der Waals surface area (Å²) in [6, 6.07) is 12.9. The van der Waals surface area contributed by atoms with Crippen LogP contribution in [0.1, 0.15) is 0 Å². The fraction of sp³-hybridized carbons (Fsp3) is 0. The van der Waals surface area contributed by atoms with Crippen molar-refractivity contribution < 1.29 is 25.5 Å². The number of aromatic hydroxyl groups is 5. The lowest BCUT2D eigenvalue weighted by Gasteiger charge is -2.14. The molecule has 3 rings (SSSR count). The number of rotatable bonds is 2. The first-order valence-corrected chi connectivity index (χ1v) is 6.43. The molecule has 6 heteroatoms. The van der Waals surface area contributed by atoms with E-state index in [1.54, 1.807) is 12.1 Å². The van der Waals surface area contributed by atoms with Crippen molar-refractivity contribution in [2.24, 2.45) is 0 Å². The van der Waals surface area contributed by atoms with E-state index in [1.807, 2.05) is 30.3 Å². The minimum Gasteiger partial charge on any atom is -0.503 e. The van der Waals surface area contributed by atoms with Gasteiger partial charge in [-0.3, -0.25) is 0 Å². The van der Waals surface area contributed by atoms with E-state index in [9.17, 15) is 25.5 Å². The van der Waals surface area contributed by atoms with Gasteiger partial charge < -0.3 is 30.8 Å². The Hall–Kier alpha value is -3.28. The molecule has 0 unspecified atom stereocenters. The van der Waals surface area contributed by atoms with Crippen LogP contribution in [0, 0.1) is 0 Å². The maximum Gasteiger partial charge on any atom is 0.208 e. The summed E-state index contributed by atoms with van der Waals surface area (Å²) >= 11 is 0. The Kier molecular flexibility index (Phi) is 3.06. The van der Waals surface area contributed by atoms with Crippen LogP contribution in [-0.2, 0) is 0 Å². The molecule has 0 heterocycles. The Morgan fingerprint density at radius 3 is 1.77 bits per heavy atom. The number of phenols is 5. The van der Waals surface area contributed by atoms with Gasteiger partial charge in [-0.25, -0.2) is 0 Å². The van der Waals surface area contributed by atoms with Crippen LogP contribution in [0.25, 0.3) is 10.8 Å². The highest BCUT2D eigenvalue weighted by Crippen LogP contribution is 2.54. The summed E-state index contributed by atoms with van der Waals surface area (Å²) in [5.41, 5.74) is 0.219. The Labute approximate surface area is 125 Å². The van der Waals surface area contributed by atoms with Crippen LogP contribution in [0.2, 0.25) is 0 Å². The van der Waals surface area contributed by atoms with Gasteiger partial charge in [0.1, 0.15) is 5.69 Å². The van der Waals surface area contributed by atoms with E-state index in [1.165, 1.54) is 0 Å². The van der Waals surface area contributed by atoms with Gasteiger partial charge in [-0.1, -0.05) is 30.3 Å². The number of nitrogens with one attached hydrogen (secondary N) is 1. The summed E-state index contributed by atoms with van der Waals surface area (Å²) < 4.78 is 0. The van der Waals surface area contributed by atoms with Gasteiger partial charge in [0, 0.05) is 5.69 Å². The Balaban J connectivity index is 2.08. The Morgan fingerprint density at radius 1 is 0.591 bits per heavy atom. The molecule has 0 radical (unpaired) electrons. The molecule has 0 spiro atoms. The summed E-state index contributed by atoms with van der Waals surface area (Å²) in [6.07, 6.45) is 0. The first-order valence-electron chi connectivity index (χ1n) is 6.43. The number of hydrogen-bond donors (Lipinski definition) is 6. The SMILES string of the molecule is Oc1c(O)c(O)c(Nc2ccc3ccccc3c2)c(O)c1O. The topological polar surface area (TPSA) is 113 Å². The molecule has 22 heavy (non-hydrogen) atoms. The molecule has 3 aromatic rings. The van der Waals surface area contributed by atoms with Crippen LogP contribution in [0.4, 0.5) is 11.4 Å². The van der Waals surface area contributed by atoms with Crippen molar-refractivity contribution >= 4 is 22.1 Å². The quantitative estimate of drug-likeness (QED) is 0.320. The molecule has 0 bridgehead atoms. The van der Waals surface area contributed by atoms with Gasteiger partial charge in [0.15, 0.2) is 11.5 Å². The second-order valence-electron chi connectivity index (χ2n) is 4.80. The highest BCUT2D eigenvalue weighted by Gasteiger charge is 2.23. The third-order valence-electron chi connectivity index (χ3n) is 3.39. The van der Waals surface area contributed by atoms with Gasteiger partial charge in [-0.05, 0) is 22.9 Å². The van der Waals surface area contributed by atoms with Crippen LogP contribution in [0.5, 0.6) is 28.7 Å². The molecule has 6 nitrogen and oxygen atoms in total. The third-order valence-corrected chi connectivity index (χ3v) is 3.39. The van der Waals surface area contributed by atoms with Crippen LogP contribution in [-0.4, -0.2) is 25.5 Å². The molecular weight excluding hydrogens is 286 g/mol. The molecule has 0 aliphatic rings. The highest BCUT2D eigenvalue weighted by molar-refractivity contribution is 5.88. The summed E-state index contributed by atoms with van der Waals surface area (Å²) in [6.45, 7) is 0. The van der Waals surface area contributed by atoms with Gasteiger partial charge >= 0.3 is 0 Å². The monoisotopic (exact) mass is 299 g/mol. The number of anilines is 2. The van der Waals surface area contributed by atoms with Crippen LogP contribution in [0.15, 0.2) is 42.5 Å². The minimum atomic E-state index is -0.987. The fourth-order valence-corrected chi connectivity index (χ4v) is 2.22. The second kappa shape index (κ2) is 4.92. The molecule has 0 aliphatic heterocycles. The van der Waals surface area contributed by atoms with Crippen molar-refractivity contribution in [1.82, 2.24) is 0 Å². The van der Waals surface area contributed by atoms with Crippen molar-refractivity contribution in [3.8, 4) is 28.7 Å². The summed E-state index contributed by atoms with van der Waals surface area (Å²) in [4.78, 5) is 0. The number of phenolic OH excluding ortho intramolecular Hbond substituents is 5. The summed E-state index contributed by atoms with van der Waals surface area (Å²) in [5.74, 6) is -4.35. The standard InChI is InChI=1S/C16H13NO5/c18-12-11(13(19)15(21)16(22)14(12)20)17-10-6-5-8-3-1-2-4-9(8)7-10/h1-7,17-22H. The lowest BCUT2D eigenvalue weighted by molar-refractivity contribution is 0.330. The molecule has 3 aromatic carbocycles. The van der Waals surface area contributed by atoms with E-state index in [0.29, 0.717) is 5.69 Å². The zero-order chi connectivity index (χ0) is 15.9. The van der Waals surface area contributed by atoms with E-state index in [4.69, 9.17) is 0 Å². The van der Waals surface area contributed by atoms with Gasteiger partial charge in [-0.15, -0.1) is 0 Å². The first kappa shape index (κ1) is 13.7. The molecule has 0 saturated carbocycles. The van der Waals surface area contributed by atoms with E-state index < -0.39 is 28.7 Å². The molecule has 0 aliphatic carbocycles. The zero-order valence-corrected chi connectivity index (χ0v) is 11.3. The lowest BCUT2D eigenvalue weighted by Crippen LogP contribution is -1.92. The third kappa shape index (κ3) is 2.07. The average molecular weight is 299 g/mol. The van der Waals surface area contributed by atoms with Crippen molar-refractivity contribution in [2.45, 2.75) is 0 Å². The van der Waals surface area contributed by atoms with Gasteiger partial charge in [0.25, 0.3) is 0 Å². The van der Waals surface area contributed by atoms with E-state index in [0.717, 1.165) is 10.8 Å². The molecule has 0 amide bonds. The summed E-state index contributed by atoms with van der Waals surface area (Å²) in [5, 5.41) is 52.7. The van der Waals surface area contributed by atoms with Crippen molar-refractivity contribution in [3.05, 3.63) is 42.5 Å². The molecule has 0 fully saturated rings. The molecule has 0 saturated heterocycles. The zero-order valence-electron chi connectivity index (χ0n) is 11.3. The molecule has 6 N–H and O–H groups in total. The van der Waals surface area contributed by atoms with Gasteiger partial charge in [-0.2, -0.15) is 0 Å². The van der Waals surface area contributed by atoms with Crippen molar-refractivity contribution in [2.75, 3.05) is 5.32 Å². The molecule has 112 valence electrons. The second-order valence-corrected chi connectivity index (χ2v) is 4.80. The highest BCUT2D eigenvalue weighted by atomic mass is 16.4. The van der Waals surface area contributed by atoms with Crippen LogP contribution in [0.3, 0.4) is 0 Å².